The minimum absolute atomic E-state index is 0. The molecule has 1 rings (SSSR count). The van der Waals surface area contributed by atoms with Gasteiger partial charge in [0.15, 0.2) is 0 Å². The number of halogens is 1. The maximum Gasteiger partial charge on any atom is 0.103 e. The lowest BCUT2D eigenvalue weighted by Crippen LogP contribution is -2.08. The molecule has 0 saturated carbocycles. The van der Waals surface area contributed by atoms with Crippen molar-refractivity contribution in [1.82, 2.24) is 0 Å². The van der Waals surface area contributed by atoms with Crippen LogP contribution in [-0.4, -0.2) is 5.84 Å². The van der Waals surface area contributed by atoms with Crippen LogP contribution in [-0.2, 0) is 0 Å². The first-order valence-corrected chi connectivity index (χ1v) is 2.53. The molecule has 0 spiro atoms. The molecule has 1 aliphatic heterocycles. The number of hydrogen-bond donors (Lipinski definition) is 1. The first-order valence-electron chi connectivity index (χ1n) is 2.53. The fraction of sp³-hybridized carbons (Fsp3) is 0.167. The predicted octanol–water partition coefficient (Wildman–Crippen LogP) is 1.24. The number of allylic oxidation sites excluding steroid dienone is 2. The summed E-state index contributed by atoms with van der Waals surface area (Å²) in [5, 5.41) is 0. The summed E-state index contributed by atoms with van der Waals surface area (Å²) >= 11 is 0. The molecule has 2 N–H and O–H groups in total. The fourth-order valence-corrected chi connectivity index (χ4v) is 0.509. The molecular weight excluding hydrogens is 136 g/mol. The zero-order valence-electron chi connectivity index (χ0n) is 4.95. The molecule has 0 amide bonds. The number of amidine groups is 1. The van der Waals surface area contributed by atoms with Crippen LogP contribution in [0.4, 0.5) is 0 Å². The van der Waals surface area contributed by atoms with E-state index < -0.39 is 0 Å². The molecule has 0 saturated heterocycles. The minimum Gasteiger partial charge on any atom is -0.387 e. The molecule has 50 valence electrons. The highest BCUT2D eigenvalue weighted by atomic mass is 35.5. The number of nitrogens with two attached hydrogens (primary N) is 1. The van der Waals surface area contributed by atoms with Crippen molar-refractivity contribution in [2.45, 2.75) is 6.42 Å². The molecular formula is C6H9ClN2. The van der Waals surface area contributed by atoms with Crippen LogP contribution in [0.5, 0.6) is 0 Å². The molecule has 1 aliphatic rings. The average molecular weight is 145 g/mol. The lowest BCUT2D eigenvalue weighted by molar-refractivity contribution is 1.37. The molecule has 0 aromatic heterocycles. The van der Waals surface area contributed by atoms with Gasteiger partial charge in [0.05, 0.1) is 0 Å². The van der Waals surface area contributed by atoms with Crippen LogP contribution in [0, 0.1) is 0 Å². The SMILES string of the molecule is Cl.NC1=NC=CC=CC1. The average Bonchev–Trinajstić information content (AvgIpc) is 1.94. The third-order valence-corrected chi connectivity index (χ3v) is 0.901. The van der Waals surface area contributed by atoms with Crippen molar-refractivity contribution in [3.63, 3.8) is 0 Å². The van der Waals surface area contributed by atoms with Gasteiger partial charge in [-0.05, 0) is 6.08 Å². The molecule has 0 fully saturated rings. The maximum absolute atomic E-state index is 5.38. The smallest absolute Gasteiger partial charge is 0.103 e. The van der Waals surface area contributed by atoms with Crippen molar-refractivity contribution in [2.24, 2.45) is 10.7 Å². The molecule has 0 atom stereocenters. The second-order valence-electron chi connectivity index (χ2n) is 1.59. The molecule has 1 heterocycles. The van der Waals surface area contributed by atoms with Crippen molar-refractivity contribution in [3.05, 3.63) is 24.4 Å². The van der Waals surface area contributed by atoms with Crippen molar-refractivity contribution >= 4 is 18.2 Å². The monoisotopic (exact) mass is 144 g/mol. The van der Waals surface area contributed by atoms with Crippen molar-refractivity contribution in [2.75, 3.05) is 0 Å². The van der Waals surface area contributed by atoms with E-state index in [1.807, 2.05) is 18.2 Å². The highest BCUT2D eigenvalue weighted by Gasteiger charge is 1.85. The van der Waals surface area contributed by atoms with Crippen molar-refractivity contribution in [1.29, 1.82) is 0 Å². The Morgan fingerprint density at radius 2 is 2.22 bits per heavy atom. The van der Waals surface area contributed by atoms with E-state index in [4.69, 9.17) is 5.73 Å². The minimum atomic E-state index is 0. The van der Waals surface area contributed by atoms with Gasteiger partial charge in [0.25, 0.3) is 0 Å². The molecule has 0 radical (unpaired) electrons. The largest absolute Gasteiger partial charge is 0.387 e. The van der Waals surface area contributed by atoms with Gasteiger partial charge in [-0.3, -0.25) is 0 Å². The molecule has 0 aromatic rings. The highest BCUT2D eigenvalue weighted by Crippen LogP contribution is 1.90. The van der Waals surface area contributed by atoms with Gasteiger partial charge in [-0.25, -0.2) is 4.99 Å². The van der Waals surface area contributed by atoms with Crippen LogP contribution in [0.25, 0.3) is 0 Å². The van der Waals surface area contributed by atoms with E-state index in [9.17, 15) is 0 Å². The van der Waals surface area contributed by atoms with Crippen LogP contribution < -0.4 is 5.73 Å². The Morgan fingerprint density at radius 1 is 1.44 bits per heavy atom. The van der Waals surface area contributed by atoms with Crippen LogP contribution in [0.3, 0.4) is 0 Å². The van der Waals surface area contributed by atoms with E-state index in [2.05, 4.69) is 4.99 Å². The second kappa shape index (κ2) is 4.15. The van der Waals surface area contributed by atoms with Gasteiger partial charge < -0.3 is 5.73 Å². The van der Waals surface area contributed by atoms with E-state index >= 15 is 0 Å². The van der Waals surface area contributed by atoms with Gasteiger partial charge in [-0.2, -0.15) is 0 Å². The summed E-state index contributed by atoms with van der Waals surface area (Å²) in [6.45, 7) is 0. The van der Waals surface area contributed by atoms with Crippen LogP contribution in [0.1, 0.15) is 6.42 Å². The summed E-state index contributed by atoms with van der Waals surface area (Å²) in [5.74, 6) is 0.676. The van der Waals surface area contributed by atoms with Gasteiger partial charge in [0.2, 0.25) is 0 Å². The zero-order valence-corrected chi connectivity index (χ0v) is 5.77. The summed E-state index contributed by atoms with van der Waals surface area (Å²) in [4.78, 5) is 3.88. The van der Waals surface area contributed by atoms with E-state index in [0.717, 1.165) is 6.42 Å². The summed E-state index contributed by atoms with van der Waals surface area (Å²) in [6.07, 6.45) is 8.23. The molecule has 0 aliphatic carbocycles. The standard InChI is InChI=1S/C6H8N2.ClH/c7-6-4-2-1-3-5-8-6;/h1-3,5H,4H2,(H2,7,8);1H. The Hall–Kier alpha value is -0.760. The maximum atomic E-state index is 5.38. The van der Waals surface area contributed by atoms with Crippen molar-refractivity contribution in [3.8, 4) is 0 Å². The second-order valence-corrected chi connectivity index (χ2v) is 1.59. The Kier molecular flexibility index (Phi) is 3.80. The molecule has 2 nitrogen and oxygen atoms in total. The summed E-state index contributed by atoms with van der Waals surface area (Å²) in [6, 6.07) is 0. The molecule has 0 bridgehead atoms. The zero-order chi connectivity index (χ0) is 5.82. The molecule has 0 unspecified atom stereocenters. The van der Waals surface area contributed by atoms with Gasteiger partial charge in [-0.1, -0.05) is 12.2 Å². The van der Waals surface area contributed by atoms with Gasteiger partial charge in [-0.15, -0.1) is 12.4 Å². The molecule has 3 heteroatoms. The molecule has 0 aromatic carbocycles. The normalized spacial score (nSPS) is 15.8. The van der Waals surface area contributed by atoms with E-state index in [1.54, 1.807) is 6.20 Å². The highest BCUT2D eigenvalue weighted by molar-refractivity contribution is 5.85. The topological polar surface area (TPSA) is 38.4 Å². The molecule has 9 heavy (non-hydrogen) atoms. The predicted molar refractivity (Wildman–Crippen MR) is 41.8 cm³/mol. The van der Waals surface area contributed by atoms with E-state index in [1.165, 1.54) is 0 Å². The first-order chi connectivity index (χ1) is 3.89. The lowest BCUT2D eigenvalue weighted by atomic mass is 10.4. The third kappa shape index (κ3) is 2.93. The summed E-state index contributed by atoms with van der Waals surface area (Å²) in [7, 11) is 0. The van der Waals surface area contributed by atoms with Gasteiger partial charge in [0, 0.05) is 12.6 Å². The number of hydrogen-bond acceptors (Lipinski definition) is 2. The first kappa shape index (κ1) is 8.24. The Labute approximate surface area is 60.6 Å². The summed E-state index contributed by atoms with van der Waals surface area (Å²) in [5.41, 5.74) is 5.38. The Morgan fingerprint density at radius 3 is 3.00 bits per heavy atom. The van der Waals surface area contributed by atoms with Gasteiger partial charge in [0.1, 0.15) is 5.84 Å². The van der Waals surface area contributed by atoms with E-state index in [0.29, 0.717) is 5.84 Å². The van der Waals surface area contributed by atoms with E-state index in [-0.39, 0.29) is 12.4 Å². The number of aliphatic imine (C=N–C) groups is 1. The lowest BCUT2D eigenvalue weighted by Gasteiger charge is -1.86. The summed E-state index contributed by atoms with van der Waals surface area (Å²) < 4.78 is 0. The fourth-order valence-electron chi connectivity index (χ4n) is 0.509. The quantitative estimate of drug-likeness (QED) is 0.546. The van der Waals surface area contributed by atoms with Crippen LogP contribution in [0.15, 0.2) is 29.4 Å². The van der Waals surface area contributed by atoms with Crippen LogP contribution in [0.2, 0.25) is 0 Å². The Balaban J connectivity index is 0.000000640. The van der Waals surface area contributed by atoms with Crippen LogP contribution >= 0.6 is 12.4 Å². The van der Waals surface area contributed by atoms with Gasteiger partial charge >= 0.3 is 0 Å². The Bertz CT molecular complexity index is 158. The van der Waals surface area contributed by atoms with Crippen molar-refractivity contribution < 1.29 is 0 Å². The number of nitrogens with zero attached hydrogens (tertiary/aromatic N) is 1. The number of rotatable bonds is 0. The third-order valence-electron chi connectivity index (χ3n) is 0.901.